The van der Waals surface area contributed by atoms with Crippen LogP contribution in [0.3, 0.4) is 0 Å². The summed E-state index contributed by atoms with van der Waals surface area (Å²) >= 11 is 0. The maximum Gasteiger partial charge on any atom is 0.240 e. The standard InChI is InChI=1S/C6H6BNO/c1-4-2-5(7)6(9)8-3-4/h2-3H,1H3,(H,8,9). The minimum atomic E-state index is -0.222. The number of aryl methyl sites for hydroxylation is 1. The largest absolute Gasteiger partial charge is 0.329 e. The lowest BCUT2D eigenvalue weighted by atomic mass is 9.97. The summed E-state index contributed by atoms with van der Waals surface area (Å²) in [7, 11) is 5.28. The predicted molar refractivity (Wildman–Crippen MR) is 37.2 cm³/mol. The molecular weight excluding hydrogens is 113 g/mol. The van der Waals surface area contributed by atoms with Gasteiger partial charge in [-0.3, -0.25) is 4.79 Å². The molecule has 1 heterocycles. The molecule has 1 aromatic heterocycles. The normalized spacial score (nSPS) is 9.44. The van der Waals surface area contributed by atoms with Crippen LogP contribution in [0.4, 0.5) is 0 Å². The zero-order valence-corrected chi connectivity index (χ0v) is 5.14. The fraction of sp³-hybridized carbons (Fsp3) is 0.167. The quantitative estimate of drug-likeness (QED) is 0.458. The molecule has 3 heteroatoms. The first-order valence-corrected chi connectivity index (χ1v) is 2.65. The number of rotatable bonds is 0. The first-order valence-electron chi connectivity index (χ1n) is 2.65. The Morgan fingerprint density at radius 2 is 2.33 bits per heavy atom. The van der Waals surface area contributed by atoms with Crippen LogP contribution in [-0.2, 0) is 0 Å². The van der Waals surface area contributed by atoms with Gasteiger partial charge >= 0.3 is 0 Å². The van der Waals surface area contributed by atoms with E-state index in [1.54, 1.807) is 12.3 Å². The maximum absolute atomic E-state index is 10.6. The third-order valence-electron chi connectivity index (χ3n) is 1.08. The molecule has 0 spiro atoms. The number of pyridine rings is 1. The fourth-order valence-corrected chi connectivity index (χ4v) is 0.615. The Morgan fingerprint density at radius 3 is 2.78 bits per heavy atom. The summed E-state index contributed by atoms with van der Waals surface area (Å²) in [4.78, 5) is 13.1. The number of aromatic nitrogens is 1. The van der Waals surface area contributed by atoms with Gasteiger partial charge in [0, 0.05) is 6.20 Å². The third kappa shape index (κ3) is 1.22. The number of H-pyrrole nitrogens is 1. The van der Waals surface area contributed by atoms with Crippen molar-refractivity contribution in [3.63, 3.8) is 0 Å². The molecule has 1 rings (SSSR count). The van der Waals surface area contributed by atoms with Gasteiger partial charge in [-0.1, -0.05) is 6.07 Å². The number of hydrogen-bond acceptors (Lipinski definition) is 1. The highest BCUT2D eigenvalue weighted by Gasteiger charge is 1.88. The van der Waals surface area contributed by atoms with Gasteiger partial charge in [-0.2, -0.15) is 0 Å². The molecule has 0 fully saturated rings. The van der Waals surface area contributed by atoms with Crippen LogP contribution in [-0.4, -0.2) is 12.8 Å². The van der Waals surface area contributed by atoms with Crippen molar-refractivity contribution in [1.29, 1.82) is 0 Å². The minimum Gasteiger partial charge on any atom is -0.329 e. The van der Waals surface area contributed by atoms with Crippen molar-refractivity contribution in [2.24, 2.45) is 0 Å². The molecule has 44 valence electrons. The lowest BCUT2D eigenvalue weighted by molar-refractivity contribution is 1.22. The highest BCUT2D eigenvalue weighted by Crippen LogP contribution is 1.82. The molecule has 0 saturated heterocycles. The lowest BCUT2D eigenvalue weighted by Crippen LogP contribution is -2.26. The second-order valence-electron chi connectivity index (χ2n) is 1.96. The van der Waals surface area contributed by atoms with Gasteiger partial charge in [0.15, 0.2) is 0 Å². The molecule has 2 radical (unpaired) electrons. The Labute approximate surface area is 54.3 Å². The molecule has 9 heavy (non-hydrogen) atoms. The van der Waals surface area contributed by atoms with E-state index in [9.17, 15) is 4.79 Å². The van der Waals surface area contributed by atoms with Crippen molar-refractivity contribution < 1.29 is 0 Å². The molecule has 0 saturated carbocycles. The summed E-state index contributed by atoms with van der Waals surface area (Å²) in [5.74, 6) is 0. The second kappa shape index (κ2) is 2.09. The second-order valence-corrected chi connectivity index (χ2v) is 1.96. The Bertz CT molecular complexity index is 266. The number of nitrogens with one attached hydrogen (secondary N) is 1. The lowest BCUT2D eigenvalue weighted by Gasteiger charge is -1.91. The molecule has 0 amide bonds. The molecule has 1 N–H and O–H groups in total. The predicted octanol–water partition coefficient (Wildman–Crippen LogP) is -0.523. The van der Waals surface area contributed by atoms with Gasteiger partial charge in [-0.25, -0.2) is 0 Å². The van der Waals surface area contributed by atoms with Crippen LogP contribution in [0.1, 0.15) is 5.56 Å². The molecule has 0 bridgehead atoms. The molecule has 0 aromatic carbocycles. The molecule has 1 aromatic rings. The summed E-state index contributed by atoms with van der Waals surface area (Å²) in [6.07, 6.45) is 1.62. The highest BCUT2D eigenvalue weighted by atomic mass is 16.1. The van der Waals surface area contributed by atoms with Crippen molar-refractivity contribution in [3.8, 4) is 0 Å². The van der Waals surface area contributed by atoms with Gasteiger partial charge in [0.25, 0.3) is 0 Å². The Morgan fingerprint density at radius 1 is 1.67 bits per heavy atom. The maximum atomic E-state index is 10.6. The van der Waals surface area contributed by atoms with Crippen molar-refractivity contribution in [2.75, 3.05) is 0 Å². The summed E-state index contributed by atoms with van der Waals surface area (Å²) in [6.45, 7) is 1.87. The van der Waals surface area contributed by atoms with Crippen LogP contribution < -0.4 is 11.0 Å². The van der Waals surface area contributed by atoms with E-state index in [-0.39, 0.29) is 11.0 Å². The Hall–Kier alpha value is -0.985. The van der Waals surface area contributed by atoms with E-state index >= 15 is 0 Å². The van der Waals surface area contributed by atoms with Gasteiger partial charge in [0.2, 0.25) is 5.56 Å². The van der Waals surface area contributed by atoms with Crippen molar-refractivity contribution in [1.82, 2.24) is 4.98 Å². The van der Waals surface area contributed by atoms with E-state index in [0.717, 1.165) is 5.56 Å². The zero-order valence-electron chi connectivity index (χ0n) is 5.14. The van der Waals surface area contributed by atoms with E-state index in [1.165, 1.54) is 0 Å². The molecule has 0 aliphatic rings. The monoisotopic (exact) mass is 119 g/mol. The van der Waals surface area contributed by atoms with Gasteiger partial charge in [0.05, 0.1) is 0 Å². The van der Waals surface area contributed by atoms with E-state index in [1.807, 2.05) is 6.92 Å². The van der Waals surface area contributed by atoms with Crippen LogP contribution in [0.5, 0.6) is 0 Å². The van der Waals surface area contributed by atoms with E-state index < -0.39 is 0 Å². The molecule has 0 aliphatic heterocycles. The average molecular weight is 119 g/mol. The van der Waals surface area contributed by atoms with Crippen molar-refractivity contribution in [3.05, 3.63) is 28.2 Å². The number of aromatic amines is 1. The molecule has 0 aliphatic carbocycles. The molecule has 0 atom stereocenters. The summed E-state index contributed by atoms with van der Waals surface area (Å²) in [5, 5.41) is 0. The summed E-state index contributed by atoms with van der Waals surface area (Å²) in [6, 6.07) is 1.64. The smallest absolute Gasteiger partial charge is 0.240 e. The van der Waals surface area contributed by atoms with Crippen LogP contribution in [0.15, 0.2) is 17.1 Å². The SMILES string of the molecule is [B]c1cc(C)c[nH]c1=O. The minimum absolute atomic E-state index is 0.222. The first kappa shape index (κ1) is 6.14. The van der Waals surface area contributed by atoms with Crippen LogP contribution in [0.2, 0.25) is 0 Å². The zero-order chi connectivity index (χ0) is 6.85. The highest BCUT2D eigenvalue weighted by molar-refractivity contribution is 6.31. The van der Waals surface area contributed by atoms with E-state index in [0.29, 0.717) is 0 Å². The van der Waals surface area contributed by atoms with Gasteiger partial charge in [-0.15, -0.1) is 0 Å². The van der Waals surface area contributed by atoms with Crippen LogP contribution in [0, 0.1) is 6.92 Å². The van der Waals surface area contributed by atoms with Gasteiger partial charge in [-0.05, 0) is 17.9 Å². The molecule has 0 unspecified atom stereocenters. The van der Waals surface area contributed by atoms with Gasteiger partial charge in [0.1, 0.15) is 7.85 Å². The fourth-order valence-electron chi connectivity index (χ4n) is 0.615. The van der Waals surface area contributed by atoms with Crippen molar-refractivity contribution in [2.45, 2.75) is 6.92 Å². The van der Waals surface area contributed by atoms with Crippen LogP contribution >= 0.6 is 0 Å². The van der Waals surface area contributed by atoms with E-state index in [4.69, 9.17) is 7.85 Å². The van der Waals surface area contributed by atoms with Crippen LogP contribution in [0.25, 0.3) is 0 Å². The first-order chi connectivity index (χ1) is 4.20. The summed E-state index contributed by atoms with van der Waals surface area (Å²) in [5.41, 5.74) is 1.02. The Balaban J connectivity index is 3.34. The summed E-state index contributed by atoms with van der Waals surface area (Å²) < 4.78 is 0. The Kier molecular flexibility index (Phi) is 1.43. The molecule has 2 nitrogen and oxygen atoms in total. The number of hydrogen-bond donors (Lipinski definition) is 1. The average Bonchev–Trinajstić information content (AvgIpc) is 1.80. The van der Waals surface area contributed by atoms with Gasteiger partial charge < -0.3 is 4.98 Å². The topological polar surface area (TPSA) is 32.9 Å². The third-order valence-corrected chi connectivity index (χ3v) is 1.08. The van der Waals surface area contributed by atoms with Crippen molar-refractivity contribution >= 4 is 13.3 Å². The van der Waals surface area contributed by atoms with E-state index in [2.05, 4.69) is 4.98 Å². The molecular formula is C6H6BNO.